The molecule has 134 valence electrons. The number of ether oxygens (including phenoxy) is 1. The summed E-state index contributed by atoms with van der Waals surface area (Å²) in [5, 5.41) is 11.8. The van der Waals surface area contributed by atoms with Crippen molar-refractivity contribution in [1.29, 1.82) is 0 Å². The Bertz CT molecular complexity index is 619. The topological polar surface area (TPSA) is 63.2 Å². The molecule has 1 fully saturated rings. The molecule has 1 aliphatic rings. The fourth-order valence-electron chi connectivity index (χ4n) is 3.32. The molecule has 1 aliphatic heterocycles. The molecule has 0 aromatic carbocycles. The van der Waals surface area contributed by atoms with E-state index in [9.17, 15) is 0 Å². The number of nitrogens with one attached hydrogen (secondary N) is 1. The first-order chi connectivity index (χ1) is 12.3. The van der Waals surface area contributed by atoms with Crippen molar-refractivity contribution < 1.29 is 4.74 Å². The van der Waals surface area contributed by atoms with E-state index in [1.54, 1.807) is 7.11 Å². The van der Waals surface area contributed by atoms with Crippen molar-refractivity contribution in [3.8, 4) is 0 Å². The van der Waals surface area contributed by atoms with Crippen molar-refractivity contribution in [2.75, 3.05) is 38.7 Å². The third-order valence-corrected chi connectivity index (χ3v) is 4.54. The molecule has 0 unspecified atom stereocenters. The molecule has 25 heavy (non-hydrogen) atoms. The van der Waals surface area contributed by atoms with Crippen molar-refractivity contribution in [2.45, 2.75) is 25.8 Å². The predicted octanol–water partition coefficient (Wildman–Crippen LogP) is 2.38. The van der Waals surface area contributed by atoms with Crippen LogP contribution in [0.1, 0.15) is 24.2 Å². The lowest BCUT2D eigenvalue weighted by molar-refractivity contribution is 0.164. The highest BCUT2D eigenvalue weighted by Gasteiger charge is 2.21. The van der Waals surface area contributed by atoms with E-state index in [1.165, 1.54) is 12.8 Å². The van der Waals surface area contributed by atoms with E-state index in [-0.39, 0.29) is 0 Å². The van der Waals surface area contributed by atoms with E-state index in [0.29, 0.717) is 12.5 Å². The number of hydrogen-bond donors (Lipinski definition) is 1. The van der Waals surface area contributed by atoms with Crippen LogP contribution in [0.2, 0.25) is 0 Å². The number of anilines is 1. The van der Waals surface area contributed by atoms with E-state index in [2.05, 4.69) is 43.6 Å². The predicted molar refractivity (Wildman–Crippen MR) is 98.3 cm³/mol. The van der Waals surface area contributed by atoms with Gasteiger partial charge < -0.3 is 10.1 Å². The molecule has 0 spiro atoms. The lowest BCUT2D eigenvalue weighted by Gasteiger charge is -2.32. The molecule has 1 saturated heterocycles. The summed E-state index contributed by atoms with van der Waals surface area (Å²) in [7, 11) is 1.69. The smallest absolute Gasteiger partial charge is 0.148 e. The minimum atomic E-state index is 0.638. The van der Waals surface area contributed by atoms with Crippen LogP contribution in [0.5, 0.6) is 0 Å². The Balaban J connectivity index is 1.48. The van der Waals surface area contributed by atoms with Crippen LogP contribution in [0, 0.1) is 5.92 Å². The van der Waals surface area contributed by atoms with Crippen LogP contribution >= 0.6 is 0 Å². The number of hydrogen-bond acceptors (Lipinski definition) is 6. The Morgan fingerprint density at radius 2 is 2.16 bits per heavy atom. The van der Waals surface area contributed by atoms with E-state index in [1.807, 2.05) is 18.3 Å². The number of rotatable bonds is 8. The van der Waals surface area contributed by atoms with Crippen LogP contribution in [0.15, 0.2) is 36.5 Å². The minimum absolute atomic E-state index is 0.638. The number of likely N-dealkylation sites (tertiary alicyclic amines) is 1. The van der Waals surface area contributed by atoms with Gasteiger partial charge in [0, 0.05) is 32.9 Å². The molecular formula is C19H27N5O. The quantitative estimate of drug-likeness (QED) is 0.744. The molecule has 2 aromatic rings. The van der Waals surface area contributed by atoms with Gasteiger partial charge in [-0.2, -0.15) is 5.10 Å². The molecule has 3 rings (SSSR count). The zero-order valence-electron chi connectivity index (χ0n) is 14.9. The van der Waals surface area contributed by atoms with Crippen molar-refractivity contribution in [1.82, 2.24) is 20.1 Å². The number of piperidine rings is 1. The van der Waals surface area contributed by atoms with E-state index in [4.69, 9.17) is 4.74 Å². The van der Waals surface area contributed by atoms with Crippen molar-refractivity contribution in [3.63, 3.8) is 0 Å². The number of nitrogens with zero attached hydrogens (tertiary/aromatic N) is 4. The number of aromatic nitrogens is 3. The molecule has 1 N–H and O–H groups in total. The van der Waals surface area contributed by atoms with E-state index in [0.717, 1.165) is 49.8 Å². The monoisotopic (exact) mass is 341 g/mol. The van der Waals surface area contributed by atoms with Crippen LogP contribution in [0.3, 0.4) is 0 Å². The zero-order chi connectivity index (χ0) is 17.3. The summed E-state index contributed by atoms with van der Waals surface area (Å²) >= 11 is 0. The lowest BCUT2D eigenvalue weighted by Crippen LogP contribution is -2.36. The van der Waals surface area contributed by atoms with Gasteiger partial charge in [-0.15, -0.1) is 5.10 Å². The first-order valence-corrected chi connectivity index (χ1v) is 9.01. The normalized spacial score (nSPS) is 18.2. The van der Waals surface area contributed by atoms with Crippen LogP contribution in [-0.4, -0.2) is 53.4 Å². The Kier molecular flexibility index (Phi) is 6.71. The summed E-state index contributed by atoms with van der Waals surface area (Å²) in [5.41, 5.74) is 2.22. The van der Waals surface area contributed by atoms with Gasteiger partial charge >= 0.3 is 0 Å². The summed E-state index contributed by atoms with van der Waals surface area (Å²) in [6.07, 6.45) is 5.36. The van der Waals surface area contributed by atoms with Gasteiger partial charge in [-0.1, -0.05) is 6.07 Å². The Hall–Kier alpha value is -2.05. The Morgan fingerprint density at radius 1 is 1.20 bits per heavy atom. The second-order valence-electron chi connectivity index (χ2n) is 6.60. The summed E-state index contributed by atoms with van der Waals surface area (Å²) < 4.78 is 5.02. The third kappa shape index (κ3) is 5.76. The fraction of sp³-hybridized carbons (Fsp3) is 0.526. The third-order valence-electron chi connectivity index (χ3n) is 4.54. The number of methoxy groups -OCH3 is 1. The van der Waals surface area contributed by atoms with Crippen LogP contribution in [-0.2, 0) is 17.7 Å². The highest BCUT2D eigenvalue weighted by molar-refractivity contribution is 5.32. The number of pyridine rings is 1. The molecule has 3 heterocycles. The van der Waals surface area contributed by atoms with Gasteiger partial charge in [-0.3, -0.25) is 9.88 Å². The first-order valence-electron chi connectivity index (χ1n) is 9.01. The molecule has 0 bridgehead atoms. The molecule has 6 nitrogen and oxygen atoms in total. The highest BCUT2D eigenvalue weighted by Crippen LogP contribution is 2.21. The molecule has 0 amide bonds. The van der Waals surface area contributed by atoms with Gasteiger partial charge in [0.15, 0.2) is 0 Å². The van der Waals surface area contributed by atoms with E-state index >= 15 is 0 Å². The molecule has 1 atom stereocenters. The lowest BCUT2D eigenvalue weighted by atomic mass is 9.93. The first kappa shape index (κ1) is 17.8. The summed E-state index contributed by atoms with van der Waals surface area (Å²) in [5.74, 6) is 1.44. The second kappa shape index (κ2) is 9.44. The van der Waals surface area contributed by atoms with Crippen LogP contribution < -0.4 is 5.32 Å². The van der Waals surface area contributed by atoms with Crippen LogP contribution in [0.25, 0.3) is 0 Å². The second-order valence-corrected chi connectivity index (χ2v) is 6.60. The van der Waals surface area contributed by atoms with Gasteiger partial charge in [0.2, 0.25) is 0 Å². The van der Waals surface area contributed by atoms with Crippen molar-refractivity contribution in [3.05, 3.63) is 47.9 Å². The largest absolute Gasteiger partial charge is 0.383 e. The average molecular weight is 341 g/mol. The Morgan fingerprint density at radius 3 is 2.92 bits per heavy atom. The minimum Gasteiger partial charge on any atom is -0.383 e. The van der Waals surface area contributed by atoms with Gasteiger partial charge in [0.25, 0.3) is 0 Å². The molecule has 0 aliphatic carbocycles. The zero-order valence-corrected chi connectivity index (χ0v) is 14.9. The van der Waals surface area contributed by atoms with Gasteiger partial charge in [-0.25, -0.2) is 0 Å². The van der Waals surface area contributed by atoms with Gasteiger partial charge in [0.05, 0.1) is 18.0 Å². The van der Waals surface area contributed by atoms with Gasteiger partial charge in [0.1, 0.15) is 5.82 Å². The average Bonchev–Trinajstić information content (AvgIpc) is 2.65. The van der Waals surface area contributed by atoms with Gasteiger partial charge in [-0.05, 0) is 56.0 Å². The van der Waals surface area contributed by atoms with E-state index < -0.39 is 0 Å². The van der Waals surface area contributed by atoms with Crippen molar-refractivity contribution >= 4 is 5.82 Å². The summed E-state index contributed by atoms with van der Waals surface area (Å²) in [4.78, 5) is 6.95. The maximum absolute atomic E-state index is 5.02. The van der Waals surface area contributed by atoms with Crippen molar-refractivity contribution in [2.24, 2.45) is 5.92 Å². The standard InChI is InChI=1S/C19H27N5O/c1-25-12-10-21-19-8-7-17(22-23-19)13-16-5-4-11-24(14-16)15-18-6-2-3-9-20-18/h2-3,6-9,16H,4-5,10-15H2,1H3,(H,21,23)/t16-/m1/s1. The molecule has 6 heteroatoms. The molecular weight excluding hydrogens is 314 g/mol. The fourth-order valence-corrected chi connectivity index (χ4v) is 3.32. The van der Waals surface area contributed by atoms with Crippen LogP contribution in [0.4, 0.5) is 5.82 Å². The SMILES string of the molecule is COCCNc1ccc(C[C@H]2CCCN(Cc3ccccn3)C2)nn1. The molecule has 2 aromatic heterocycles. The summed E-state index contributed by atoms with van der Waals surface area (Å²) in [6, 6.07) is 10.2. The maximum atomic E-state index is 5.02. The maximum Gasteiger partial charge on any atom is 0.148 e. The summed E-state index contributed by atoms with van der Waals surface area (Å²) in [6.45, 7) is 4.60. The Labute approximate surface area is 149 Å². The molecule has 0 saturated carbocycles. The molecule has 0 radical (unpaired) electrons. The highest BCUT2D eigenvalue weighted by atomic mass is 16.5.